The number of likely N-dealkylation sites (N-methyl/N-ethyl adjacent to an activating group) is 1. The molecule has 0 saturated carbocycles. The summed E-state index contributed by atoms with van der Waals surface area (Å²) in [6, 6.07) is -0.915. The third-order valence-corrected chi connectivity index (χ3v) is 14.6. The molecule has 0 aliphatic heterocycles. The molecule has 422 valence electrons. The topological polar surface area (TPSA) is 108 Å². The summed E-state index contributed by atoms with van der Waals surface area (Å²) < 4.78 is 23.3. The minimum Gasteiger partial charge on any atom is -0.756 e. The SMILES string of the molecule is CCCCCCC/C=C\C/C=C\CCCCCCCCCCCC(=O)NC(COP(=O)([O-])OCC[N+](C)(C)C)C(O)/C=C/CC/C=C/CC/C=C/CCCCCCCCCCCCCCCCCCCCC. The van der Waals surface area contributed by atoms with Gasteiger partial charge in [0.2, 0.25) is 5.91 Å². The minimum atomic E-state index is -4.61. The van der Waals surface area contributed by atoms with Crippen molar-refractivity contribution in [2.75, 3.05) is 40.9 Å². The summed E-state index contributed by atoms with van der Waals surface area (Å²) in [5, 5.41) is 13.9. The van der Waals surface area contributed by atoms with Gasteiger partial charge in [-0.2, -0.15) is 0 Å². The highest BCUT2D eigenvalue weighted by Crippen LogP contribution is 2.38. The number of phosphoric ester groups is 1. The van der Waals surface area contributed by atoms with Gasteiger partial charge in [0.1, 0.15) is 13.2 Å². The van der Waals surface area contributed by atoms with Crippen LogP contribution in [0.25, 0.3) is 0 Å². The Hall–Kier alpha value is -1.80. The molecular formula is C63H119N2O6P. The summed E-state index contributed by atoms with van der Waals surface area (Å²) in [6.07, 6.45) is 73.2. The second-order valence-electron chi connectivity index (χ2n) is 22.0. The first-order valence-electron chi connectivity index (χ1n) is 30.7. The Morgan fingerprint density at radius 1 is 0.486 bits per heavy atom. The van der Waals surface area contributed by atoms with E-state index in [9.17, 15) is 19.4 Å². The molecular weight excluding hydrogens is 912 g/mol. The van der Waals surface area contributed by atoms with E-state index in [0.717, 1.165) is 51.4 Å². The highest BCUT2D eigenvalue weighted by molar-refractivity contribution is 7.45. The maximum absolute atomic E-state index is 13.0. The molecule has 0 aromatic heterocycles. The van der Waals surface area contributed by atoms with Crippen LogP contribution >= 0.6 is 7.82 Å². The second-order valence-corrected chi connectivity index (χ2v) is 23.4. The number of allylic oxidation sites excluding steroid dienone is 9. The number of nitrogens with one attached hydrogen (secondary N) is 1. The molecule has 8 nitrogen and oxygen atoms in total. The molecule has 0 aromatic carbocycles. The smallest absolute Gasteiger partial charge is 0.268 e. The third kappa shape index (κ3) is 55.9. The Labute approximate surface area is 447 Å². The van der Waals surface area contributed by atoms with Crippen LogP contribution in [-0.2, 0) is 18.4 Å². The average Bonchev–Trinajstić information content (AvgIpc) is 3.34. The van der Waals surface area contributed by atoms with E-state index in [4.69, 9.17) is 9.05 Å². The van der Waals surface area contributed by atoms with E-state index in [2.05, 4.69) is 67.8 Å². The highest BCUT2D eigenvalue weighted by atomic mass is 31.2. The van der Waals surface area contributed by atoms with Gasteiger partial charge < -0.3 is 28.8 Å². The zero-order valence-electron chi connectivity index (χ0n) is 48.1. The number of nitrogens with zero attached hydrogens (tertiary/aromatic N) is 1. The molecule has 9 heteroatoms. The Balaban J connectivity index is 4.24. The van der Waals surface area contributed by atoms with Gasteiger partial charge in [-0.05, 0) is 77.0 Å². The van der Waals surface area contributed by atoms with Crippen molar-refractivity contribution >= 4 is 13.7 Å². The molecule has 0 aliphatic rings. The summed E-state index contributed by atoms with van der Waals surface area (Å²) >= 11 is 0. The van der Waals surface area contributed by atoms with E-state index in [1.165, 1.54) is 212 Å². The Kier molecular flexibility index (Phi) is 52.7. The zero-order valence-corrected chi connectivity index (χ0v) is 49.0. The van der Waals surface area contributed by atoms with Gasteiger partial charge in [0.05, 0.1) is 39.9 Å². The van der Waals surface area contributed by atoms with Gasteiger partial charge in [-0.3, -0.25) is 9.36 Å². The molecule has 1 amide bonds. The molecule has 0 heterocycles. The maximum Gasteiger partial charge on any atom is 0.268 e. The lowest BCUT2D eigenvalue weighted by Gasteiger charge is -2.29. The van der Waals surface area contributed by atoms with E-state index in [1.54, 1.807) is 6.08 Å². The van der Waals surface area contributed by atoms with Crippen molar-refractivity contribution in [1.82, 2.24) is 5.32 Å². The van der Waals surface area contributed by atoms with Gasteiger partial charge in [-0.1, -0.05) is 261 Å². The first-order chi connectivity index (χ1) is 35.0. The van der Waals surface area contributed by atoms with Crippen LogP contribution in [0.4, 0.5) is 0 Å². The van der Waals surface area contributed by atoms with Crippen molar-refractivity contribution in [3.63, 3.8) is 0 Å². The molecule has 3 atom stereocenters. The quantitative estimate of drug-likeness (QED) is 0.0272. The van der Waals surface area contributed by atoms with Crippen LogP contribution in [0, 0.1) is 0 Å². The standard InChI is InChI=1S/C63H119N2O6P/c1-6-8-10-12-14-16-18-20-22-24-26-28-29-30-31-32-33-34-35-37-38-40-42-44-46-48-50-52-54-56-62(66)61(60-71-72(68,69)70-59-58-65(3,4)5)64-63(67)57-55-53-51-49-47-45-43-41-39-36-27-25-23-21-19-17-15-13-11-9-7-2/h19,21,25,27,38,40,46,48,54,56,61-62,66H,6-18,20,22-24,26,28-37,39,41-45,47,49-53,55,57-60H2,1-5H3,(H-,64,67,68,69)/b21-19-,27-25-,40-38+,48-46+,56-54+. The number of aliphatic hydroxyl groups excluding tert-OH is 1. The average molecular weight is 1030 g/mol. The van der Waals surface area contributed by atoms with E-state index < -0.39 is 26.6 Å². The molecule has 0 saturated heterocycles. The number of quaternary nitrogens is 1. The van der Waals surface area contributed by atoms with E-state index >= 15 is 0 Å². The molecule has 0 bridgehead atoms. The molecule has 72 heavy (non-hydrogen) atoms. The molecule has 0 rings (SSSR count). The number of rotatable bonds is 56. The zero-order chi connectivity index (χ0) is 52.7. The minimum absolute atomic E-state index is 0.0114. The van der Waals surface area contributed by atoms with Gasteiger partial charge in [0, 0.05) is 6.42 Å². The Morgan fingerprint density at radius 3 is 1.21 bits per heavy atom. The monoisotopic (exact) mass is 1030 g/mol. The molecule has 2 N–H and O–H groups in total. The number of carbonyl (C=O) groups is 1. The third-order valence-electron chi connectivity index (χ3n) is 13.7. The van der Waals surface area contributed by atoms with Crippen LogP contribution in [0.2, 0.25) is 0 Å². The number of phosphoric acid groups is 1. The van der Waals surface area contributed by atoms with Gasteiger partial charge in [-0.15, -0.1) is 0 Å². The van der Waals surface area contributed by atoms with Crippen LogP contribution < -0.4 is 10.2 Å². The van der Waals surface area contributed by atoms with E-state index in [-0.39, 0.29) is 12.5 Å². The lowest BCUT2D eigenvalue weighted by atomic mass is 10.0. The highest BCUT2D eigenvalue weighted by Gasteiger charge is 2.23. The summed E-state index contributed by atoms with van der Waals surface area (Å²) in [5.41, 5.74) is 0. The maximum atomic E-state index is 13.0. The van der Waals surface area contributed by atoms with Crippen LogP contribution in [-0.4, -0.2) is 68.5 Å². The Bertz CT molecular complexity index is 1360. The number of amides is 1. The first-order valence-corrected chi connectivity index (χ1v) is 32.1. The van der Waals surface area contributed by atoms with Crippen molar-refractivity contribution < 1.29 is 32.9 Å². The number of unbranched alkanes of at least 4 members (excludes halogenated alkanes) is 35. The predicted molar refractivity (Wildman–Crippen MR) is 311 cm³/mol. The van der Waals surface area contributed by atoms with Crippen LogP contribution in [0.3, 0.4) is 0 Å². The van der Waals surface area contributed by atoms with Crippen molar-refractivity contribution in [1.29, 1.82) is 0 Å². The van der Waals surface area contributed by atoms with Crippen molar-refractivity contribution in [2.24, 2.45) is 0 Å². The van der Waals surface area contributed by atoms with Gasteiger partial charge >= 0.3 is 0 Å². The lowest BCUT2D eigenvalue weighted by Crippen LogP contribution is -2.45. The largest absolute Gasteiger partial charge is 0.756 e. The molecule has 0 aromatic rings. The molecule has 3 unspecified atom stereocenters. The number of hydrogen-bond donors (Lipinski definition) is 2. The summed E-state index contributed by atoms with van der Waals surface area (Å²) in [5.74, 6) is -0.215. The van der Waals surface area contributed by atoms with Gasteiger partial charge in [-0.25, -0.2) is 0 Å². The van der Waals surface area contributed by atoms with Gasteiger partial charge in [0.25, 0.3) is 7.82 Å². The summed E-state index contributed by atoms with van der Waals surface area (Å²) in [4.78, 5) is 25.5. The summed E-state index contributed by atoms with van der Waals surface area (Å²) in [6.45, 7) is 4.63. The number of hydrogen-bond acceptors (Lipinski definition) is 6. The van der Waals surface area contributed by atoms with Crippen molar-refractivity contribution in [3.05, 3.63) is 60.8 Å². The van der Waals surface area contributed by atoms with Crippen LogP contribution in [0.5, 0.6) is 0 Å². The van der Waals surface area contributed by atoms with Gasteiger partial charge in [0.15, 0.2) is 0 Å². The fraction of sp³-hybridized carbons (Fsp3) is 0.825. The first kappa shape index (κ1) is 70.2. The Morgan fingerprint density at radius 2 is 0.819 bits per heavy atom. The normalized spacial score (nSPS) is 14.3. The predicted octanol–water partition coefficient (Wildman–Crippen LogP) is 18.2. The summed E-state index contributed by atoms with van der Waals surface area (Å²) in [7, 11) is 1.23. The number of carbonyl (C=O) groups excluding carboxylic acids is 1. The fourth-order valence-electron chi connectivity index (χ4n) is 8.86. The van der Waals surface area contributed by atoms with Crippen molar-refractivity contribution in [3.8, 4) is 0 Å². The van der Waals surface area contributed by atoms with Crippen LogP contribution in [0.15, 0.2) is 60.8 Å². The number of aliphatic hydroxyl groups is 1. The molecule has 0 fully saturated rings. The lowest BCUT2D eigenvalue weighted by molar-refractivity contribution is -0.870. The van der Waals surface area contributed by atoms with Crippen molar-refractivity contribution in [2.45, 2.75) is 296 Å². The fourth-order valence-corrected chi connectivity index (χ4v) is 9.59. The molecule has 0 spiro atoms. The van der Waals surface area contributed by atoms with Crippen LogP contribution in [0.1, 0.15) is 284 Å². The second kappa shape index (κ2) is 54.0. The molecule has 0 radical (unpaired) electrons. The molecule has 0 aliphatic carbocycles. The van der Waals surface area contributed by atoms with E-state index in [1.807, 2.05) is 27.2 Å². The van der Waals surface area contributed by atoms with E-state index in [0.29, 0.717) is 17.4 Å².